The van der Waals surface area contributed by atoms with Crippen molar-refractivity contribution in [3.63, 3.8) is 0 Å². The summed E-state index contributed by atoms with van der Waals surface area (Å²) in [4.78, 5) is 4.02. The van der Waals surface area contributed by atoms with Gasteiger partial charge in [-0.15, -0.1) is 0 Å². The van der Waals surface area contributed by atoms with Gasteiger partial charge in [0.25, 0.3) is 0 Å². The summed E-state index contributed by atoms with van der Waals surface area (Å²) < 4.78 is 21.0. The molecule has 3 rings (SSSR count). The highest BCUT2D eigenvalue weighted by molar-refractivity contribution is 6.32. The third-order valence-corrected chi connectivity index (χ3v) is 5.45. The van der Waals surface area contributed by atoms with Crippen LogP contribution >= 0.6 is 11.6 Å². The summed E-state index contributed by atoms with van der Waals surface area (Å²) >= 11 is 6.38. The van der Waals surface area contributed by atoms with Crippen LogP contribution in [0.1, 0.15) is 50.7 Å². The summed E-state index contributed by atoms with van der Waals surface area (Å²) in [6, 6.07) is 2.75. The lowest BCUT2D eigenvalue weighted by Gasteiger charge is -2.30. The van der Waals surface area contributed by atoms with Crippen molar-refractivity contribution in [2.75, 3.05) is 26.2 Å². The second-order valence-corrected chi connectivity index (χ2v) is 7.75. The summed E-state index contributed by atoms with van der Waals surface area (Å²) in [7, 11) is 0. The van der Waals surface area contributed by atoms with Gasteiger partial charge in [-0.05, 0) is 37.6 Å². The van der Waals surface area contributed by atoms with Crippen molar-refractivity contribution in [2.24, 2.45) is 0 Å². The van der Waals surface area contributed by atoms with Crippen molar-refractivity contribution in [1.29, 1.82) is 0 Å². The van der Waals surface area contributed by atoms with Crippen LogP contribution in [0.15, 0.2) is 30.6 Å². The van der Waals surface area contributed by atoms with E-state index >= 15 is 0 Å². The number of rotatable bonds is 11. The maximum Gasteiger partial charge on any atom is 0.142 e. The standard InChI is InChI=1S/C21H29ClFN5O2/c1-3-9-24-10-11-25-19-8-6-17(20-16(22)13-27-28(19)20)30-14-21(29,4-2)18-7-5-15(23)12-26-18/h5-7,12-13,19,24-25,29H,3-4,8-11,14H2,1-2H3. The van der Waals surface area contributed by atoms with Gasteiger partial charge < -0.3 is 15.2 Å². The molecule has 1 aliphatic heterocycles. The first-order chi connectivity index (χ1) is 14.5. The minimum atomic E-state index is -1.34. The number of hydrogen-bond acceptors (Lipinski definition) is 6. The molecule has 2 atom stereocenters. The summed E-state index contributed by atoms with van der Waals surface area (Å²) in [5.74, 6) is 0.112. The Morgan fingerprint density at radius 3 is 2.83 bits per heavy atom. The van der Waals surface area contributed by atoms with E-state index in [9.17, 15) is 9.50 Å². The zero-order valence-corrected chi connectivity index (χ0v) is 18.1. The van der Waals surface area contributed by atoms with Crippen molar-refractivity contribution < 1.29 is 14.2 Å². The predicted octanol–water partition coefficient (Wildman–Crippen LogP) is 3.22. The van der Waals surface area contributed by atoms with E-state index in [1.165, 1.54) is 12.1 Å². The largest absolute Gasteiger partial charge is 0.488 e. The van der Waals surface area contributed by atoms with E-state index in [0.717, 1.165) is 32.3 Å². The molecule has 0 aromatic carbocycles. The molecule has 164 valence electrons. The van der Waals surface area contributed by atoms with E-state index in [-0.39, 0.29) is 12.8 Å². The van der Waals surface area contributed by atoms with Crippen LogP contribution in [0.2, 0.25) is 5.02 Å². The first kappa shape index (κ1) is 22.7. The zero-order chi connectivity index (χ0) is 21.6. The molecule has 2 aromatic rings. The van der Waals surface area contributed by atoms with E-state index in [2.05, 4.69) is 27.6 Å². The van der Waals surface area contributed by atoms with Crippen LogP contribution < -0.4 is 10.6 Å². The normalized spacial score (nSPS) is 17.9. The van der Waals surface area contributed by atoms with E-state index < -0.39 is 11.4 Å². The number of nitrogens with one attached hydrogen (secondary N) is 2. The molecule has 1 aliphatic rings. The Kier molecular flexibility index (Phi) is 7.82. The number of nitrogens with zero attached hydrogens (tertiary/aromatic N) is 3. The number of pyridine rings is 1. The quantitative estimate of drug-likeness (QED) is 0.468. The highest BCUT2D eigenvalue weighted by Gasteiger charge is 2.32. The molecule has 0 bridgehead atoms. The van der Waals surface area contributed by atoms with Gasteiger partial charge in [0.2, 0.25) is 0 Å². The molecule has 0 amide bonds. The number of aliphatic hydroxyl groups is 1. The first-order valence-corrected chi connectivity index (χ1v) is 10.7. The van der Waals surface area contributed by atoms with Crippen LogP contribution in [-0.2, 0) is 10.3 Å². The minimum Gasteiger partial charge on any atom is -0.488 e. The van der Waals surface area contributed by atoms with Gasteiger partial charge in [-0.2, -0.15) is 5.10 Å². The minimum absolute atomic E-state index is 0.0212. The molecule has 0 radical (unpaired) electrons. The summed E-state index contributed by atoms with van der Waals surface area (Å²) in [6.07, 6.45) is 6.75. The zero-order valence-electron chi connectivity index (χ0n) is 17.4. The van der Waals surface area contributed by atoms with Gasteiger partial charge >= 0.3 is 0 Å². The Balaban J connectivity index is 1.68. The lowest BCUT2D eigenvalue weighted by molar-refractivity contribution is -0.0261. The first-order valence-electron chi connectivity index (χ1n) is 10.3. The molecule has 3 heterocycles. The number of ether oxygens (including phenoxy) is 1. The van der Waals surface area contributed by atoms with Gasteiger partial charge in [0.15, 0.2) is 0 Å². The van der Waals surface area contributed by atoms with Gasteiger partial charge in [0, 0.05) is 19.5 Å². The molecule has 0 aliphatic carbocycles. The summed E-state index contributed by atoms with van der Waals surface area (Å²) in [5.41, 5.74) is -0.305. The van der Waals surface area contributed by atoms with Crippen LogP contribution in [0.4, 0.5) is 4.39 Å². The Labute approximate surface area is 181 Å². The molecule has 0 fully saturated rings. The van der Waals surface area contributed by atoms with E-state index in [4.69, 9.17) is 16.3 Å². The van der Waals surface area contributed by atoms with Crippen LogP contribution in [0.5, 0.6) is 0 Å². The Morgan fingerprint density at radius 2 is 2.13 bits per heavy atom. The Morgan fingerprint density at radius 1 is 1.30 bits per heavy atom. The smallest absolute Gasteiger partial charge is 0.142 e. The molecule has 3 N–H and O–H groups in total. The van der Waals surface area contributed by atoms with Crippen LogP contribution in [-0.4, -0.2) is 46.1 Å². The molecular weight excluding hydrogens is 409 g/mol. The molecule has 2 aromatic heterocycles. The van der Waals surface area contributed by atoms with Crippen LogP contribution in [0.3, 0.4) is 0 Å². The average molecular weight is 438 g/mol. The fourth-order valence-electron chi connectivity index (χ4n) is 3.35. The van der Waals surface area contributed by atoms with Gasteiger partial charge in [-0.25, -0.2) is 9.07 Å². The third kappa shape index (κ3) is 5.18. The maximum atomic E-state index is 13.2. The van der Waals surface area contributed by atoms with Crippen molar-refractivity contribution in [1.82, 2.24) is 25.4 Å². The number of hydrogen-bond donors (Lipinski definition) is 3. The third-order valence-electron chi connectivity index (χ3n) is 5.17. The van der Waals surface area contributed by atoms with Crippen LogP contribution in [0, 0.1) is 5.82 Å². The molecular formula is C21H29ClFN5O2. The number of halogens is 2. The number of aromatic nitrogens is 3. The summed E-state index contributed by atoms with van der Waals surface area (Å²) in [5, 5.41) is 22.7. The lowest BCUT2D eigenvalue weighted by Crippen LogP contribution is -2.36. The summed E-state index contributed by atoms with van der Waals surface area (Å²) in [6.45, 7) is 6.60. The van der Waals surface area contributed by atoms with Crippen LogP contribution in [0.25, 0.3) is 5.76 Å². The fourth-order valence-corrected chi connectivity index (χ4v) is 3.58. The fraction of sp³-hybridized carbons (Fsp3) is 0.524. The van der Waals surface area contributed by atoms with Gasteiger partial charge in [-0.1, -0.05) is 25.4 Å². The van der Waals surface area contributed by atoms with Crippen molar-refractivity contribution in [2.45, 2.75) is 44.9 Å². The highest BCUT2D eigenvalue weighted by Crippen LogP contribution is 2.34. The van der Waals surface area contributed by atoms with Gasteiger partial charge in [0.05, 0.1) is 23.1 Å². The molecule has 0 spiro atoms. The monoisotopic (exact) mass is 437 g/mol. The Bertz CT molecular complexity index is 858. The van der Waals surface area contributed by atoms with Crippen molar-refractivity contribution in [3.8, 4) is 0 Å². The average Bonchev–Trinajstić information content (AvgIpc) is 3.15. The molecule has 0 saturated carbocycles. The van der Waals surface area contributed by atoms with E-state index in [1.807, 2.05) is 17.7 Å². The second-order valence-electron chi connectivity index (χ2n) is 7.35. The SMILES string of the molecule is CCCNCCNC1CC=C(OCC(O)(CC)c2ccc(F)cn2)c2c(Cl)cnn21. The molecule has 7 nitrogen and oxygen atoms in total. The molecule has 2 unspecified atom stereocenters. The predicted molar refractivity (Wildman–Crippen MR) is 114 cm³/mol. The second kappa shape index (κ2) is 10.3. The molecule has 9 heteroatoms. The van der Waals surface area contributed by atoms with E-state index in [0.29, 0.717) is 35.0 Å². The van der Waals surface area contributed by atoms with E-state index in [1.54, 1.807) is 6.20 Å². The lowest BCUT2D eigenvalue weighted by atomic mass is 9.97. The highest BCUT2D eigenvalue weighted by atomic mass is 35.5. The molecule has 30 heavy (non-hydrogen) atoms. The van der Waals surface area contributed by atoms with Crippen molar-refractivity contribution >= 4 is 17.4 Å². The van der Waals surface area contributed by atoms with Gasteiger partial charge in [0.1, 0.15) is 35.6 Å². The number of fused-ring (bicyclic) bond motifs is 1. The maximum absolute atomic E-state index is 13.2. The topological polar surface area (TPSA) is 84.2 Å². The van der Waals surface area contributed by atoms with Crippen molar-refractivity contribution in [3.05, 3.63) is 52.8 Å². The Hall–Kier alpha value is -2.00. The molecule has 0 saturated heterocycles. The van der Waals surface area contributed by atoms with Gasteiger partial charge in [-0.3, -0.25) is 10.3 Å².